The Morgan fingerprint density at radius 1 is 0.750 bits per heavy atom. The van der Waals surface area contributed by atoms with Gasteiger partial charge in [0, 0.05) is 25.2 Å². The lowest BCUT2D eigenvalue weighted by Crippen LogP contribution is -2.45. The smallest absolute Gasteiger partial charge is 0.295 e. The lowest BCUT2D eigenvalue weighted by atomic mass is 9.88. The molecule has 1 fully saturated rings. The van der Waals surface area contributed by atoms with E-state index in [1.807, 2.05) is 12.1 Å². The van der Waals surface area contributed by atoms with E-state index in [2.05, 4.69) is 53.4 Å². The predicted octanol–water partition coefficient (Wildman–Crippen LogP) is 5.49. The first-order chi connectivity index (χ1) is 13.4. The summed E-state index contributed by atoms with van der Waals surface area (Å²) in [6, 6.07) is 21.2. The Kier molecular flexibility index (Phi) is 7.13. The quantitative estimate of drug-likeness (QED) is 0.616. The van der Waals surface area contributed by atoms with Crippen LogP contribution in [0.4, 0.5) is 13.2 Å². The monoisotopic (exact) mass is 390 g/mol. The fraction of sp³-hybridized carbons (Fsp3) is 0.478. The topological polar surface area (TPSA) is 6.48 Å². The van der Waals surface area contributed by atoms with Crippen LogP contribution in [0.5, 0.6) is 0 Å². The molecule has 2 nitrogen and oxygen atoms in total. The third-order valence-electron chi connectivity index (χ3n) is 5.69. The minimum atomic E-state index is -4.13. The van der Waals surface area contributed by atoms with Crippen molar-refractivity contribution < 1.29 is 13.2 Å². The van der Waals surface area contributed by atoms with Gasteiger partial charge in [-0.2, -0.15) is 13.2 Å². The Balaban J connectivity index is 1.64. The molecule has 1 saturated carbocycles. The van der Waals surface area contributed by atoms with Crippen LogP contribution in [-0.2, 0) is 13.1 Å². The Morgan fingerprint density at radius 2 is 1.18 bits per heavy atom. The third-order valence-corrected chi connectivity index (χ3v) is 5.69. The molecule has 0 aliphatic heterocycles. The molecule has 0 heterocycles. The predicted molar refractivity (Wildman–Crippen MR) is 107 cm³/mol. The molecule has 0 N–H and O–H groups in total. The second kappa shape index (κ2) is 9.57. The van der Waals surface area contributed by atoms with Crippen molar-refractivity contribution in [2.75, 3.05) is 13.6 Å². The zero-order valence-electron chi connectivity index (χ0n) is 16.4. The van der Waals surface area contributed by atoms with Gasteiger partial charge in [0.05, 0.1) is 6.54 Å². The van der Waals surface area contributed by atoms with E-state index in [0.717, 1.165) is 38.8 Å². The highest BCUT2D eigenvalue weighted by Crippen LogP contribution is 2.29. The van der Waals surface area contributed by atoms with Crippen molar-refractivity contribution in [1.29, 1.82) is 0 Å². The van der Waals surface area contributed by atoms with Crippen LogP contribution in [-0.4, -0.2) is 41.7 Å². The molecule has 28 heavy (non-hydrogen) atoms. The summed E-state index contributed by atoms with van der Waals surface area (Å²) < 4.78 is 38.1. The first-order valence-electron chi connectivity index (χ1n) is 9.99. The number of alkyl halides is 3. The Morgan fingerprint density at radius 3 is 1.61 bits per heavy atom. The molecule has 3 rings (SSSR count). The van der Waals surface area contributed by atoms with E-state index in [1.165, 1.54) is 16.0 Å². The van der Waals surface area contributed by atoms with Crippen molar-refractivity contribution in [3.05, 3.63) is 71.8 Å². The van der Waals surface area contributed by atoms with Crippen molar-refractivity contribution in [2.45, 2.75) is 57.0 Å². The van der Waals surface area contributed by atoms with Gasteiger partial charge in [0.15, 0.2) is 0 Å². The standard InChI is InChI=1S/C23H29F3N2/c1-27(18-23(24,25)26)21-12-14-22(15-13-21)28(16-19-8-4-2-5-9-19)17-20-10-6-3-7-11-20/h2-11,21-22H,12-18H2,1H3/t21-,22-. The third kappa shape index (κ3) is 6.35. The van der Waals surface area contributed by atoms with Gasteiger partial charge >= 0.3 is 6.18 Å². The van der Waals surface area contributed by atoms with Crippen LogP contribution in [0.1, 0.15) is 36.8 Å². The molecule has 0 aromatic heterocycles. The Bertz CT molecular complexity index is 653. The summed E-state index contributed by atoms with van der Waals surface area (Å²) in [6.07, 6.45) is -0.619. The summed E-state index contributed by atoms with van der Waals surface area (Å²) in [5.41, 5.74) is 2.55. The van der Waals surface area contributed by atoms with Gasteiger partial charge in [0.25, 0.3) is 0 Å². The number of nitrogens with zero attached hydrogens (tertiary/aromatic N) is 2. The van der Waals surface area contributed by atoms with Crippen molar-refractivity contribution in [3.63, 3.8) is 0 Å². The molecule has 0 bridgehead atoms. The average Bonchev–Trinajstić information content (AvgIpc) is 2.68. The van der Waals surface area contributed by atoms with Crippen LogP contribution in [0.25, 0.3) is 0 Å². The van der Waals surface area contributed by atoms with Crippen LogP contribution in [0, 0.1) is 0 Å². The normalized spacial score (nSPS) is 20.6. The van der Waals surface area contributed by atoms with E-state index in [9.17, 15) is 13.2 Å². The molecule has 2 aromatic rings. The molecular formula is C23H29F3N2. The molecule has 5 heteroatoms. The van der Waals surface area contributed by atoms with Gasteiger partial charge in [-0.15, -0.1) is 0 Å². The van der Waals surface area contributed by atoms with Crippen LogP contribution >= 0.6 is 0 Å². The Hall–Kier alpha value is -1.85. The van der Waals surface area contributed by atoms with Crippen molar-refractivity contribution in [3.8, 4) is 0 Å². The molecular weight excluding hydrogens is 361 g/mol. The minimum Gasteiger partial charge on any atom is -0.295 e. The Labute approximate surface area is 166 Å². The fourth-order valence-corrected chi connectivity index (χ4v) is 4.23. The van der Waals surface area contributed by atoms with Gasteiger partial charge < -0.3 is 0 Å². The van der Waals surface area contributed by atoms with Crippen LogP contribution in [0.15, 0.2) is 60.7 Å². The molecule has 0 radical (unpaired) electrons. The first kappa shape index (κ1) is 20.9. The summed E-state index contributed by atoms with van der Waals surface area (Å²) in [5, 5.41) is 0. The van der Waals surface area contributed by atoms with Gasteiger partial charge in [-0.05, 0) is 43.9 Å². The largest absolute Gasteiger partial charge is 0.401 e. The second-order valence-corrected chi connectivity index (χ2v) is 7.87. The molecule has 0 spiro atoms. The van der Waals surface area contributed by atoms with Crippen molar-refractivity contribution in [1.82, 2.24) is 9.80 Å². The summed E-state index contributed by atoms with van der Waals surface area (Å²) in [7, 11) is 1.60. The summed E-state index contributed by atoms with van der Waals surface area (Å²) in [4.78, 5) is 3.97. The van der Waals surface area contributed by atoms with E-state index < -0.39 is 12.7 Å². The van der Waals surface area contributed by atoms with Gasteiger partial charge in [0.2, 0.25) is 0 Å². The van der Waals surface area contributed by atoms with Gasteiger partial charge in [-0.3, -0.25) is 9.80 Å². The lowest BCUT2D eigenvalue weighted by molar-refractivity contribution is -0.149. The highest BCUT2D eigenvalue weighted by molar-refractivity contribution is 5.17. The summed E-state index contributed by atoms with van der Waals surface area (Å²) in [5.74, 6) is 0. The molecule has 0 amide bonds. The van der Waals surface area contributed by atoms with Gasteiger partial charge in [-0.1, -0.05) is 60.7 Å². The number of benzene rings is 2. The minimum absolute atomic E-state index is 0.0215. The summed E-state index contributed by atoms with van der Waals surface area (Å²) in [6.45, 7) is 0.910. The number of rotatable bonds is 7. The molecule has 0 saturated heterocycles. The van der Waals surface area contributed by atoms with E-state index in [4.69, 9.17) is 0 Å². The maximum Gasteiger partial charge on any atom is 0.401 e. The van der Waals surface area contributed by atoms with Crippen LogP contribution in [0.2, 0.25) is 0 Å². The van der Waals surface area contributed by atoms with Crippen LogP contribution in [0.3, 0.4) is 0 Å². The molecule has 1 aliphatic rings. The number of halogens is 3. The van der Waals surface area contributed by atoms with E-state index >= 15 is 0 Å². The number of hydrogen-bond acceptors (Lipinski definition) is 2. The molecule has 2 aromatic carbocycles. The maximum absolute atomic E-state index is 12.7. The highest BCUT2D eigenvalue weighted by Gasteiger charge is 2.34. The lowest BCUT2D eigenvalue weighted by Gasteiger charge is -2.40. The van der Waals surface area contributed by atoms with Crippen molar-refractivity contribution in [2.24, 2.45) is 0 Å². The SMILES string of the molecule is CN(CC(F)(F)F)[C@H]1CC[C@H](N(Cc2ccccc2)Cc2ccccc2)CC1. The van der Waals surface area contributed by atoms with Crippen molar-refractivity contribution >= 4 is 0 Å². The fourth-order valence-electron chi connectivity index (χ4n) is 4.23. The van der Waals surface area contributed by atoms with E-state index in [-0.39, 0.29) is 6.04 Å². The average molecular weight is 390 g/mol. The molecule has 152 valence electrons. The van der Waals surface area contributed by atoms with E-state index in [1.54, 1.807) is 7.05 Å². The number of hydrogen-bond donors (Lipinski definition) is 0. The molecule has 0 atom stereocenters. The van der Waals surface area contributed by atoms with Gasteiger partial charge in [-0.25, -0.2) is 0 Å². The maximum atomic E-state index is 12.7. The van der Waals surface area contributed by atoms with Gasteiger partial charge in [0.1, 0.15) is 0 Å². The zero-order valence-corrected chi connectivity index (χ0v) is 16.4. The van der Waals surface area contributed by atoms with E-state index in [0.29, 0.717) is 6.04 Å². The summed E-state index contributed by atoms with van der Waals surface area (Å²) >= 11 is 0. The molecule has 0 unspecified atom stereocenters. The second-order valence-electron chi connectivity index (χ2n) is 7.87. The highest BCUT2D eigenvalue weighted by atomic mass is 19.4. The van der Waals surface area contributed by atoms with Crippen LogP contribution < -0.4 is 0 Å². The first-order valence-corrected chi connectivity index (χ1v) is 9.99. The zero-order chi connectivity index (χ0) is 20.0. The molecule has 1 aliphatic carbocycles.